The van der Waals surface area contributed by atoms with Crippen molar-refractivity contribution in [1.82, 2.24) is 20.4 Å². The summed E-state index contributed by atoms with van der Waals surface area (Å²) in [6.07, 6.45) is 6.88. The lowest BCUT2D eigenvalue weighted by atomic mass is 9.91. The van der Waals surface area contributed by atoms with Crippen molar-refractivity contribution in [2.24, 2.45) is 5.92 Å². The molecule has 7 heteroatoms. The standard InChI is InChI=1S/C21H25FN4O2/c22-18-4-2-1-3-16(18)20-17(13-23-25-20)21(28)26-11-9-14(10-12-26)5-8-19(27)24-15-6-7-15/h1-4,13-15H,5-12H2,(H,23,25)(H,24,27). The van der Waals surface area contributed by atoms with Gasteiger partial charge in [0.25, 0.3) is 5.91 Å². The van der Waals surface area contributed by atoms with Crippen LogP contribution in [0.2, 0.25) is 0 Å². The van der Waals surface area contributed by atoms with Crippen molar-refractivity contribution in [2.75, 3.05) is 13.1 Å². The van der Waals surface area contributed by atoms with Gasteiger partial charge in [0.1, 0.15) is 5.82 Å². The Labute approximate surface area is 163 Å². The van der Waals surface area contributed by atoms with Gasteiger partial charge >= 0.3 is 0 Å². The van der Waals surface area contributed by atoms with Crippen molar-refractivity contribution >= 4 is 11.8 Å². The van der Waals surface area contributed by atoms with Gasteiger partial charge < -0.3 is 10.2 Å². The summed E-state index contributed by atoms with van der Waals surface area (Å²) in [6, 6.07) is 6.77. The van der Waals surface area contributed by atoms with Crippen LogP contribution in [0.5, 0.6) is 0 Å². The van der Waals surface area contributed by atoms with Crippen LogP contribution in [0.4, 0.5) is 4.39 Å². The number of carbonyl (C=O) groups excluding carboxylic acids is 2. The molecule has 0 radical (unpaired) electrons. The molecule has 2 N–H and O–H groups in total. The molecule has 0 bridgehead atoms. The zero-order valence-electron chi connectivity index (χ0n) is 15.8. The van der Waals surface area contributed by atoms with E-state index in [1.807, 2.05) is 0 Å². The van der Waals surface area contributed by atoms with E-state index >= 15 is 0 Å². The van der Waals surface area contributed by atoms with Crippen molar-refractivity contribution in [2.45, 2.75) is 44.6 Å². The molecule has 28 heavy (non-hydrogen) atoms. The van der Waals surface area contributed by atoms with E-state index in [0.29, 0.717) is 48.3 Å². The Hall–Kier alpha value is -2.70. The van der Waals surface area contributed by atoms with Crippen molar-refractivity contribution in [3.63, 3.8) is 0 Å². The predicted molar refractivity (Wildman–Crippen MR) is 103 cm³/mol. The number of likely N-dealkylation sites (tertiary alicyclic amines) is 1. The average molecular weight is 384 g/mol. The number of aromatic nitrogens is 2. The molecule has 0 unspecified atom stereocenters. The lowest BCUT2D eigenvalue weighted by molar-refractivity contribution is -0.121. The molecule has 148 valence electrons. The Bertz CT molecular complexity index is 854. The largest absolute Gasteiger partial charge is 0.353 e. The monoisotopic (exact) mass is 384 g/mol. The lowest BCUT2D eigenvalue weighted by Gasteiger charge is -2.32. The first-order chi connectivity index (χ1) is 13.6. The van der Waals surface area contributed by atoms with Crippen LogP contribution >= 0.6 is 0 Å². The summed E-state index contributed by atoms with van der Waals surface area (Å²) < 4.78 is 14.1. The number of aromatic amines is 1. The quantitative estimate of drug-likeness (QED) is 0.803. The molecule has 1 saturated heterocycles. The molecular formula is C21H25FN4O2. The number of benzene rings is 1. The fraction of sp³-hybridized carbons (Fsp3) is 0.476. The topological polar surface area (TPSA) is 78.1 Å². The van der Waals surface area contributed by atoms with Crippen LogP contribution in [-0.2, 0) is 4.79 Å². The first kappa shape index (κ1) is 18.7. The van der Waals surface area contributed by atoms with Crippen LogP contribution in [0.25, 0.3) is 11.3 Å². The number of nitrogens with zero attached hydrogens (tertiary/aromatic N) is 2. The Balaban J connectivity index is 1.33. The molecule has 0 spiro atoms. The molecule has 1 aliphatic carbocycles. The zero-order valence-corrected chi connectivity index (χ0v) is 15.8. The molecule has 1 aliphatic heterocycles. The van der Waals surface area contributed by atoms with Crippen LogP contribution in [-0.4, -0.2) is 46.0 Å². The van der Waals surface area contributed by atoms with Crippen LogP contribution in [0.1, 0.15) is 48.9 Å². The first-order valence-corrected chi connectivity index (χ1v) is 9.98. The zero-order chi connectivity index (χ0) is 19.5. The van der Waals surface area contributed by atoms with E-state index in [1.165, 1.54) is 12.3 Å². The van der Waals surface area contributed by atoms with Crippen LogP contribution in [0.3, 0.4) is 0 Å². The van der Waals surface area contributed by atoms with Crippen LogP contribution < -0.4 is 5.32 Å². The van der Waals surface area contributed by atoms with Gasteiger partial charge in [-0.05, 0) is 50.2 Å². The maximum Gasteiger partial charge on any atom is 0.257 e. The van der Waals surface area contributed by atoms with Crippen LogP contribution in [0, 0.1) is 11.7 Å². The maximum atomic E-state index is 14.1. The fourth-order valence-electron chi connectivity index (χ4n) is 3.78. The van der Waals surface area contributed by atoms with Crippen molar-refractivity contribution in [3.05, 3.63) is 41.8 Å². The van der Waals surface area contributed by atoms with E-state index in [1.54, 1.807) is 23.1 Å². The number of hydrogen-bond donors (Lipinski definition) is 2. The molecule has 6 nitrogen and oxygen atoms in total. The van der Waals surface area contributed by atoms with Gasteiger partial charge in [0.05, 0.1) is 17.5 Å². The minimum absolute atomic E-state index is 0.128. The van der Waals surface area contributed by atoms with E-state index in [0.717, 1.165) is 32.1 Å². The second kappa shape index (κ2) is 8.12. The molecule has 0 atom stereocenters. The third-order valence-corrected chi connectivity index (χ3v) is 5.64. The molecule has 2 aromatic rings. The number of piperidine rings is 1. The summed E-state index contributed by atoms with van der Waals surface area (Å²) in [5.41, 5.74) is 1.16. The Kier molecular flexibility index (Phi) is 5.41. The number of H-pyrrole nitrogens is 1. The number of hydrogen-bond acceptors (Lipinski definition) is 3. The highest BCUT2D eigenvalue weighted by atomic mass is 19.1. The average Bonchev–Trinajstić information content (AvgIpc) is 3.39. The highest BCUT2D eigenvalue weighted by Gasteiger charge is 2.28. The van der Waals surface area contributed by atoms with E-state index in [9.17, 15) is 14.0 Å². The molecule has 2 amide bonds. The summed E-state index contributed by atoms with van der Waals surface area (Å²) in [5.74, 6) is 0.0965. The molecule has 1 aromatic carbocycles. The summed E-state index contributed by atoms with van der Waals surface area (Å²) in [7, 11) is 0. The third-order valence-electron chi connectivity index (χ3n) is 5.64. The normalized spacial score (nSPS) is 17.5. The Morgan fingerprint density at radius 3 is 2.64 bits per heavy atom. The maximum absolute atomic E-state index is 14.1. The van der Waals surface area contributed by atoms with E-state index < -0.39 is 0 Å². The fourth-order valence-corrected chi connectivity index (χ4v) is 3.78. The minimum atomic E-state index is -0.385. The van der Waals surface area contributed by atoms with Gasteiger partial charge in [-0.25, -0.2) is 4.39 Å². The van der Waals surface area contributed by atoms with Gasteiger partial charge in [-0.1, -0.05) is 12.1 Å². The second-order valence-corrected chi connectivity index (χ2v) is 7.75. The molecule has 4 rings (SSSR count). The highest BCUT2D eigenvalue weighted by molar-refractivity contribution is 5.99. The van der Waals surface area contributed by atoms with Gasteiger partial charge in [-0.15, -0.1) is 0 Å². The number of carbonyl (C=O) groups is 2. The molecule has 2 heterocycles. The smallest absolute Gasteiger partial charge is 0.257 e. The number of halogens is 1. The summed E-state index contributed by atoms with van der Waals surface area (Å²) in [5, 5.41) is 9.75. The molecule has 2 aliphatic rings. The van der Waals surface area contributed by atoms with Gasteiger partial charge in [-0.2, -0.15) is 5.10 Å². The van der Waals surface area contributed by atoms with Crippen molar-refractivity contribution < 1.29 is 14.0 Å². The van der Waals surface area contributed by atoms with Crippen molar-refractivity contribution in [1.29, 1.82) is 0 Å². The molecular weight excluding hydrogens is 359 g/mol. The Morgan fingerprint density at radius 2 is 1.93 bits per heavy atom. The minimum Gasteiger partial charge on any atom is -0.353 e. The van der Waals surface area contributed by atoms with Gasteiger partial charge in [-0.3, -0.25) is 14.7 Å². The van der Waals surface area contributed by atoms with Crippen molar-refractivity contribution in [3.8, 4) is 11.3 Å². The highest BCUT2D eigenvalue weighted by Crippen LogP contribution is 2.28. The Morgan fingerprint density at radius 1 is 1.18 bits per heavy atom. The van der Waals surface area contributed by atoms with Crippen LogP contribution in [0.15, 0.2) is 30.5 Å². The van der Waals surface area contributed by atoms with E-state index in [-0.39, 0.29) is 17.6 Å². The number of nitrogens with one attached hydrogen (secondary N) is 2. The van der Waals surface area contributed by atoms with Gasteiger partial charge in [0.2, 0.25) is 5.91 Å². The number of amides is 2. The van der Waals surface area contributed by atoms with E-state index in [4.69, 9.17) is 0 Å². The van der Waals surface area contributed by atoms with Gasteiger partial charge in [0, 0.05) is 31.1 Å². The summed E-state index contributed by atoms with van der Waals surface area (Å²) >= 11 is 0. The summed E-state index contributed by atoms with van der Waals surface area (Å²) in [6.45, 7) is 1.30. The molecule has 1 saturated carbocycles. The molecule has 1 aromatic heterocycles. The van der Waals surface area contributed by atoms with Gasteiger partial charge in [0.15, 0.2) is 0 Å². The third kappa shape index (κ3) is 4.24. The predicted octanol–water partition coefficient (Wildman–Crippen LogP) is 3.13. The number of rotatable bonds is 6. The first-order valence-electron chi connectivity index (χ1n) is 9.98. The summed E-state index contributed by atoms with van der Waals surface area (Å²) in [4.78, 5) is 26.6. The molecule has 2 fully saturated rings. The lowest BCUT2D eigenvalue weighted by Crippen LogP contribution is -2.38. The SMILES string of the molecule is O=C(CCC1CCN(C(=O)c2cn[nH]c2-c2ccccc2F)CC1)NC1CC1. The van der Waals surface area contributed by atoms with E-state index in [2.05, 4.69) is 15.5 Å². The second-order valence-electron chi connectivity index (χ2n) is 7.75.